The van der Waals surface area contributed by atoms with Gasteiger partial charge in [-0.15, -0.1) is 0 Å². The Morgan fingerprint density at radius 3 is 2.33 bits per heavy atom. The first kappa shape index (κ1) is 24.8. The highest BCUT2D eigenvalue weighted by molar-refractivity contribution is 6.09. The number of carboxylic acids is 1. The number of nitrogens with one attached hydrogen (secondary N) is 2. The number of hydrogen-bond donors (Lipinski definition) is 3. The lowest BCUT2D eigenvalue weighted by Gasteiger charge is -2.17. The Hall–Kier alpha value is -4.34. The Labute approximate surface area is 203 Å². The van der Waals surface area contributed by atoms with Gasteiger partial charge in [0.05, 0.1) is 28.4 Å². The monoisotopic (exact) mass is 499 g/mol. The molecule has 0 spiro atoms. The highest BCUT2D eigenvalue weighted by atomic mass is 19.4. The van der Waals surface area contributed by atoms with Gasteiger partial charge in [-0.05, 0) is 61.0 Å². The van der Waals surface area contributed by atoms with E-state index in [9.17, 15) is 27.2 Å². The van der Waals surface area contributed by atoms with Gasteiger partial charge in [-0.2, -0.15) is 13.2 Å². The van der Waals surface area contributed by atoms with E-state index in [1.807, 2.05) is 0 Å². The van der Waals surface area contributed by atoms with E-state index in [-0.39, 0.29) is 22.6 Å². The number of aromatic nitrogens is 1. The first-order valence-corrected chi connectivity index (χ1v) is 10.8. The van der Waals surface area contributed by atoms with Crippen LogP contribution in [0, 0.1) is 5.82 Å². The minimum Gasteiger partial charge on any atom is -0.478 e. The smallest absolute Gasteiger partial charge is 0.416 e. The molecule has 3 N–H and O–H groups in total. The summed E-state index contributed by atoms with van der Waals surface area (Å²) in [4.78, 5) is 24.5. The lowest BCUT2D eigenvalue weighted by atomic mass is 10.1. The number of benzene rings is 3. The van der Waals surface area contributed by atoms with E-state index in [0.717, 1.165) is 12.1 Å². The number of halogens is 4. The summed E-state index contributed by atoms with van der Waals surface area (Å²) in [6.07, 6.45) is -4.56. The molecule has 0 unspecified atom stereocenters. The van der Waals surface area contributed by atoms with E-state index in [2.05, 4.69) is 10.6 Å². The molecule has 0 aliphatic rings. The van der Waals surface area contributed by atoms with Crippen molar-refractivity contribution in [2.75, 3.05) is 5.32 Å². The average molecular weight is 499 g/mol. The van der Waals surface area contributed by atoms with Gasteiger partial charge in [0.1, 0.15) is 11.5 Å². The second kappa shape index (κ2) is 9.37. The number of carboxylic acid groups (broad SMARTS) is 1. The van der Waals surface area contributed by atoms with Crippen molar-refractivity contribution in [1.29, 1.82) is 0 Å². The van der Waals surface area contributed by atoms with E-state index in [1.54, 1.807) is 26.1 Å². The SMILES string of the molecule is C[C@H](NC(=O)c1c(Nc2cccc(C(F)(F)F)c2)c2cc(F)ccc2n1C)c1ccc(C(=O)O)cc1. The number of alkyl halides is 3. The van der Waals surface area contributed by atoms with Crippen LogP contribution in [0.5, 0.6) is 0 Å². The lowest BCUT2D eigenvalue weighted by Crippen LogP contribution is -2.29. The van der Waals surface area contributed by atoms with Crippen LogP contribution in [0.1, 0.15) is 44.9 Å². The van der Waals surface area contributed by atoms with Gasteiger partial charge < -0.3 is 20.3 Å². The molecule has 1 amide bonds. The van der Waals surface area contributed by atoms with Crippen LogP contribution in [0.25, 0.3) is 10.9 Å². The predicted molar refractivity (Wildman–Crippen MR) is 127 cm³/mol. The maximum absolute atomic E-state index is 14.1. The third-order valence-electron chi connectivity index (χ3n) is 5.84. The van der Waals surface area contributed by atoms with Crippen LogP contribution in [-0.4, -0.2) is 21.6 Å². The lowest BCUT2D eigenvalue weighted by molar-refractivity contribution is -0.137. The number of carbonyl (C=O) groups is 2. The first-order chi connectivity index (χ1) is 17.0. The Bertz CT molecular complexity index is 1460. The minimum atomic E-state index is -4.56. The van der Waals surface area contributed by atoms with Crippen LogP contribution in [0.3, 0.4) is 0 Å². The number of fused-ring (bicyclic) bond motifs is 1. The molecule has 1 heterocycles. The molecule has 36 heavy (non-hydrogen) atoms. The molecule has 3 aromatic carbocycles. The number of amides is 1. The molecule has 6 nitrogen and oxygen atoms in total. The van der Waals surface area contributed by atoms with Crippen LogP contribution < -0.4 is 10.6 Å². The minimum absolute atomic E-state index is 0.0768. The number of carbonyl (C=O) groups excluding carboxylic acids is 1. The maximum Gasteiger partial charge on any atom is 0.416 e. The third kappa shape index (κ3) is 4.88. The van der Waals surface area contributed by atoms with E-state index in [0.29, 0.717) is 16.5 Å². The zero-order chi connectivity index (χ0) is 26.2. The zero-order valence-corrected chi connectivity index (χ0v) is 19.2. The number of nitrogens with zero attached hydrogens (tertiary/aromatic N) is 1. The van der Waals surface area contributed by atoms with Gasteiger partial charge in [-0.1, -0.05) is 18.2 Å². The number of aryl methyl sites for hydroxylation is 1. The van der Waals surface area contributed by atoms with Gasteiger partial charge in [0, 0.05) is 18.1 Å². The van der Waals surface area contributed by atoms with E-state index in [4.69, 9.17) is 5.11 Å². The molecule has 10 heteroatoms. The number of rotatable bonds is 6. The van der Waals surface area contributed by atoms with Crippen molar-refractivity contribution in [3.8, 4) is 0 Å². The molecule has 0 saturated carbocycles. The molecule has 0 bridgehead atoms. The predicted octanol–water partition coefficient (Wildman–Crippen LogP) is 6.27. The molecule has 0 saturated heterocycles. The topological polar surface area (TPSA) is 83.4 Å². The molecule has 4 rings (SSSR count). The Morgan fingerprint density at radius 2 is 1.69 bits per heavy atom. The molecular formula is C26H21F4N3O3. The second-order valence-corrected chi connectivity index (χ2v) is 8.27. The summed E-state index contributed by atoms with van der Waals surface area (Å²) in [5, 5.41) is 15.1. The summed E-state index contributed by atoms with van der Waals surface area (Å²) in [6.45, 7) is 1.70. The summed E-state index contributed by atoms with van der Waals surface area (Å²) < 4.78 is 55.3. The van der Waals surface area contributed by atoms with Crippen molar-refractivity contribution < 1.29 is 32.3 Å². The van der Waals surface area contributed by atoms with Crippen LogP contribution in [0.2, 0.25) is 0 Å². The fourth-order valence-electron chi connectivity index (χ4n) is 3.99. The average Bonchev–Trinajstić information content (AvgIpc) is 3.09. The zero-order valence-electron chi connectivity index (χ0n) is 19.2. The number of hydrogen-bond acceptors (Lipinski definition) is 3. The van der Waals surface area contributed by atoms with Gasteiger partial charge in [0.25, 0.3) is 5.91 Å². The van der Waals surface area contributed by atoms with Gasteiger partial charge in [-0.3, -0.25) is 4.79 Å². The van der Waals surface area contributed by atoms with Crippen molar-refractivity contribution in [3.63, 3.8) is 0 Å². The van der Waals surface area contributed by atoms with Crippen LogP contribution in [0.4, 0.5) is 28.9 Å². The Morgan fingerprint density at radius 1 is 1.00 bits per heavy atom. The third-order valence-corrected chi connectivity index (χ3v) is 5.84. The Kier molecular flexibility index (Phi) is 6.45. The van der Waals surface area contributed by atoms with Crippen molar-refractivity contribution in [2.45, 2.75) is 19.1 Å². The van der Waals surface area contributed by atoms with Crippen LogP contribution >= 0.6 is 0 Å². The summed E-state index contributed by atoms with van der Waals surface area (Å²) in [5.41, 5.74) is 0.677. The standard InChI is InChI=1S/C26H21F4N3O3/c1-14(15-6-8-16(9-7-15)25(35)36)31-24(34)23-22(20-13-18(27)10-11-21(20)33(23)2)32-19-5-3-4-17(12-19)26(28,29)30/h3-14,32H,1-2H3,(H,31,34)(H,35,36)/t14-/m0/s1. The van der Waals surface area contributed by atoms with Crippen LogP contribution in [0.15, 0.2) is 66.7 Å². The summed E-state index contributed by atoms with van der Waals surface area (Å²) >= 11 is 0. The van der Waals surface area contributed by atoms with Gasteiger partial charge in [0.15, 0.2) is 0 Å². The molecule has 186 valence electrons. The molecule has 0 fully saturated rings. The first-order valence-electron chi connectivity index (χ1n) is 10.8. The van der Waals surface area contributed by atoms with Gasteiger partial charge in [-0.25, -0.2) is 9.18 Å². The van der Waals surface area contributed by atoms with E-state index >= 15 is 0 Å². The van der Waals surface area contributed by atoms with Gasteiger partial charge in [0.2, 0.25) is 0 Å². The molecule has 1 aromatic heterocycles. The molecule has 0 aliphatic carbocycles. The maximum atomic E-state index is 14.1. The molecule has 4 aromatic rings. The highest BCUT2D eigenvalue weighted by Crippen LogP contribution is 2.36. The Balaban J connectivity index is 1.73. The fraction of sp³-hybridized carbons (Fsp3) is 0.154. The summed E-state index contributed by atoms with van der Waals surface area (Å²) in [5.74, 6) is -2.20. The van der Waals surface area contributed by atoms with Crippen molar-refractivity contribution in [2.24, 2.45) is 7.05 Å². The van der Waals surface area contributed by atoms with Crippen molar-refractivity contribution >= 4 is 34.2 Å². The summed E-state index contributed by atoms with van der Waals surface area (Å²) in [7, 11) is 1.60. The van der Waals surface area contributed by atoms with Crippen LogP contribution in [-0.2, 0) is 13.2 Å². The summed E-state index contributed by atoms with van der Waals surface area (Å²) in [6, 6.07) is 13.9. The molecule has 0 aliphatic heterocycles. The molecule has 0 radical (unpaired) electrons. The van der Waals surface area contributed by atoms with E-state index in [1.165, 1.54) is 47.0 Å². The second-order valence-electron chi connectivity index (χ2n) is 8.27. The number of aromatic carboxylic acids is 1. The molecule has 1 atom stereocenters. The largest absolute Gasteiger partial charge is 0.478 e. The van der Waals surface area contributed by atoms with Gasteiger partial charge >= 0.3 is 12.1 Å². The highest BCUT2D eigenvalue weighted by Gasteiger charge is 2.31. The quantitative estimate of drug-likeness (QED) is 0.273. The van der Waals surface area contributed by atoms with E-state index < -0.39 is 35.5 Å². The van der Waals surface area contributed by atoms with Crippen molar-refractivity contribution in [3.05, 3.63) is 94.9 Å². The van der Waals surface area contributed by atoms with Crippen molar-refractivity contribution in [1.82, 2.24) is 9.88 Å². The number of anilines is 2. The fourth-order valence-corrected chi connectivity index (χ4v) is 3.99. The normalized spacial score (nSPS) is 12.4. The molecular weight excluding hydrogens is 478 g/mol.